The summed E-state index contributed by atoms with van der Waals surface area (Å²) in [7, 11) is 1.58. The minimum atomic E-state index is -1.44. The van der Waals surface area contributed by atoms with Gasteiger partial charge in [0.1, 0.15) is 24.1 Å². The van der Waals surface area contributed by atoms with Crippen LogP contribution in [0.15, 0.2) is 24.3 Å². The van der Waals surface area contributed by atoms with Crippen molar-refractivity contribution in [3.8, 4) is 23.3 Å². The molecule has 9 heteroatoms. The summed E-state index contributed by atoms with van der Waals surface area (Å²) >= 11 is 0. The molecule has 2 aromatic rings. The molecule has 0 radical (unpaired) electrons. The Labute approximate surface area is 161 Å². The fraction of sp³-hybridized carbons (Fsp3) is 0.316. The zero-order chi connectivity index (χ0) is 20.4. The van der Waals surface area contributed by atoms with Crippen molar-refractivity contribution in [3.63, 3.8) is 0 Å². The van der Waals surface area contributed by atoms with E-state index in [1.807, 2.05) is 0 Å². The Morgan fingerprint density at radius 3 is 2.89 bits per heavy atom. The van der Waals surface area contributed by atoms with Crippen molar-refractivity contribution in [1.29, 1.82) is 0 Å². The number of nitrogens with two attached hydrogens (primary N) is 1. The number of aliphatic hydroxyl groups is 2. The fourth-order valence-electron chi connectivity index (χ4n) is 2.66. The maximum atomic E-state index is 11.9. The summed E-state index contributed by atoms with van der Waals surface area (Å²) in [6, 6.07) is 6.33. The number of likely N-dealkylation sites (N-methyl/N-ethyl adjacent to an activating group) is 1. The second kappa shape index (κ2) is 7.72. The van der Waals surface area contributed by atoms with Crippen LogP contribution < -0.4 is 10.5 Å². The predicted molar refractivity (Wildman–Crippen MR) is 98.7 cm³/mol. The molecule has 28 heavy (non-hydrogen) atoms. The van der Waals surface area contributed by atoms with Gasteiger partial charge < -0.3 is 25.6 Å². The summed E-state index contributed by atoms with van der Waals surface area (Å²) in [5.41, 5.74) is 6.61. The number of amides is 2. The Bertz CT molecular complexity index is 988. The molecule has 2 atom stereocenters. The highest BCUT2D eigenvalue weighted by molar-refractivity contribution is 5.91. The smallest absolute Gasteiger partial charge is 0.269 e. The van der Waals surface area contributed by atoms with Crippen LogP contribution >= 0.6 is 0 Å². The molecule has 0 fully saturated rings. The van der Waals surface area contributed by atoms with E-state index in [2.05, 4.69) is 16.9 Å². The number of aliphatic hydroxyl groups excluding tert-OH is 2. The molecule has 9 nitrogen and oxygen atoms in total. The monoisotopic (exact) mass is 384 g/mol. The topological polar surface area (TPSA) is 131 Å². The van der Waals surface area contributed by atoms with Crippen LogP contribution in [-0.4, -0.2) is 63.0 Å². The lowest BCUT2D eigenvalue weighted by Crippen LogP contribution is -2.35. The molecule has 0 spiro atoms. The maximum absolute atomic E-state index is 11.9. The molecule has 2 amide bonds. The number of hydrogen-bond donors (Lipinski definition) is 3. The van der Waals surface area contributed by atoms with Crippen LogP contribution in [0, 0.1) is 11.8 Å². The number of ether oxygens (including phenoxy) is 1. The molecule has 2 unspecified atom stereocenters. The van der Waals surface area contributed by atoms with Crippen molar-refractivity contribution in [3.05, 3.63) is 41.2 Å². The molecule has 0 aliphatic carbocycles. The van der Waals surface area contributed by atoms with Crippen molar-refractivity contribution in [2.75, 3.05) is 20.2 Å². The molecule has 0 bridgehead atoms. The van der Waals surface area contributed by atoms with Gasteiger partial charge in [0, 0.05) is 19.2 Å². The largest absolute Gasteiger partial charge is 0.488 e. The van der Waals surface area contributed by atoms with Gasteiger partial charge in [-0.1, -0.05) is 11.8 Å². The zero-order valence-electron chi connectivity index (χ0n) is 15.4. The molecule has 1 aliphatic rings. The van der Waals surface area contributed by atoms with Crippen molar-refractivity contribution in [2.45, 2.75) is 19.1 Å². The first-order chi connectivity index (χ1) is 13.3. The molecule has 1 aromatic carbocycles. The average Bonchev–Trinajstić information content (AvgIpc) is 3.10. The number of benzene rings is 1. The average molecular weight is 384 g/mol. The number of aromatic nitrogens is 2. The van der Waals surface area contributed by atoms with E-state index >= 15 is 0 Å². The van der Waals surface area contributed by atoms with Gasteiger partial charge in [-0.25, -0.2) is 4.68 Å². The van der Waals surface area contributed by atoms with Crippen LogP contribution in [0.3, 0.4) is 0 Å². The lowest BCUT2D eigenvalue weighted by molar-refractivity contribution is -0.135. The van der Waals surface area contributed by atoms with Gasteiger partial charge >= 0.3 is 0 Å². The second-order valence-corrected chi connectivity index (χ2v) is 6.26. The first-order valence-electron chi connectivity index (χ1n) is 8.61. The third-order valence-corrected chi connectivity index (χ3v) is 4.35. The summed E-state index contributed by atoms with van der Waals surface area (Å²) in [5, 5.41) is 24.3. The van der Waals surface area contributed by atoms with Gasteiger partial charge in [-0.15, -0.1) is 0 Å². The number of hydrogen-bond acceptors (Lipinski definition) is 6. The van der Waals surface area contributed by atoms with E-state index in [1.165, 1.54) is 15.6 Å². The number of primary amides is 1. The molecule has 1 aliphatic heterocycles. The Kier molecular flexibility index (Phi) is 5.35. The first-order valence-corrected chi connectivity index (χ1v) is 8.61. The van der Waals surface area contributed by atoms with Gasteiger partial charge in [0.05, 0.1) is 5.69 Å². The van der Waals surface area contributed by atoms with Crippen LogP contribution in [-0.2, 0) is 4.79 Å². The van der Waals surface area contributed by atoms with Gasteiger partial charge in [-0.3, -0.25) is 9.59 Å². The number of fused-ring (bicyclic) bond motifs is 3. The Morgan fingerprint density at radius 2 is 2.21 bits per heavy atom. The van der Waals surface area contributed by atoms with E-state index in [0.717, 1.165) is 0 Å². The van der Waals surface area contributed by atoms with E-state index < -0.39 is 24.0 Å². The zero-order valence-corrected chi connectivity index (χ0v) is 15.4. The predicted octanol–water partition coefficient (Wildman–Crippen LogP) is -0.412. The molecule has 3 rings (SSSR count). The third-order valence-electron chi connectivity index (χ3n) is 4.35. The molecular formula is C19H20N4O5. The quantitative estimate of drug-likeness (QED) is 0.617. The number of rotatable bonds is 3. The highest BCUT2D eigenvalue weighted by Gasteiger charge is 2.25. The minimum Gasteiger partial charge on any atom is -0.488 e. The first kappa shape index (κ1) is 19.4. The Morgan fingerprint density at radius 1 is 1.46 bits per heavy atom. The molecule has 2 heterocycles. The van der Waals surface area contributed by atoms with Crippen LogP contribution in [0.5, 0.6) is 5.75 Å². The summed E-state index contributed by atoms with van der Waals surface area (Å²) in [4.78, 5) is 24.7. The highest BCUT2D eigenvalue weighted by Crippen LogP contribution is 2.31. The van der Waals surface area contributed by atoms with Crippen LogP contribution in [0.4, 0.5) is 0 Å². The van der Waals surface area contributed by atoms with E-state index in [4.69, 9.17) is 10.5 Å². The maximum Gasteiger partial charge on any atom is 0.269 e. The van der Waals surface area contributed by atoms with Crippen LogP contribution in [0.25, 0.3) is 5.69 Å². The number of carbonyl (C=O) groups excluding carboxylic acids is 2. The van der Waals surface area contributed by atoms with E-state index in [-0.39, 0.29) is 12.3 Å². The van der Waals surface area contributed by atoms with E-state index in [1.54, 1.807) is 32.2 Å². The lowest BCUT2D eigenvalue weighted by atomic mass is 10.1. The fourth-order valence-corrected chi connectivity index (χ4v) is 2.66. The molecule has 0 saturated heterocycles. The molecule has 0 saturated carbocycles. The molecule has 146 valence electrons. The number of carbonyl (C=O) groups is 2. The second-order valence-electron chi connectivity index (χ2n) is 6.26. The van der Waals surface area contributed by atoms with E-state index in [9.17, 15) is 19.8 Å². The van der Waals surface area contributed by atoms with Gasteiger partial charge in [-0.2, -0.15) is 5.10 Å². The lowest BCUT2D eigenvalue weighted by Gasteiger charge is -2.15. The molecular weight excluding hydrogens is 364 g/mol. The molecule has 4 N–H and O–H groups in total. The van der Waals surface area contributed by atoms with Gasteiger partial charge in [0.25, 0.3) is 11.8 Å². The number of nitrogens with zero attached hydrogens (tertiary/aromatic N) is 3. The Hall–Kier alpha value is -3.35. The van der Waals surface area contributed by atoms with Crippen molar-refractivity contribution in [2.24, 2.45) is 5.73 Å². The summed E-state index contributed by atoms with van der Waals surface area (Å²) in [6.45, 7) is 2.24. The summed E-state index contributed by atoms with van der Waals surface area (Å²) in [5.74, 6) is 4.49. The normalized spacial score (nSPS) is 15.8. The van der Waals surface area contributed by atoms with Crippen LogP contribution in [0.1, 0.15) is 34.8 Å². The standard InChI is InChI=1S/C19H20N4O5/c1-3-22(2)19(27)15(24)6-4-11-5-7-17-14(8-11)23-13(16(25)10-28-17)9-12(21-23)18(20)26/h5,7-9,15-16,24-25H,3,10H2,1-2H3,(H2,20,26). The third kappa shape index (κ3) is 3.69. The van der Waals surface area contributed by atoms with Crippen molar-refractivity contribution >= 4 is 11.8 Å². The van der Waals surface area contributed by atoms with E-state index in [0.29, 0.717) is 29.2 Å². The van der Waals surface area contributed by atoms with Crippen LogP contribution in [0.2, 0.25) is 0 Å². The van der Waals surface area contributed by atoms with Crippen molar-refractivity contribution in [1.82, 2.24) is 14.7 Å². The summed E-state index contributed by atoms with van der Waals surface area (Å²) < 4.78 is 6.96. The Balaban J connectivity index is 1.99. The summed E-state index contributed by atoms with van der Waals surface area (Å²) in [6.07, 6.45) is -2.44. The van der Waals surface area contributed by atoms with Gasteiger partial charge in [0.15, 0.2) is 11.8 Å². The SMILES string of the molecule is CCN(C)C(=O)C(O)C#Cc1ccc2c(c1)-n1nc(C(N)=O)cc1C(O)CO2. The highest BCUT2D eigenvalue weighted by atomic mass is 16.5. The van der Waals surface area contributed by atoms with Crippen molar-refractivity contribution < 1.29 is 24.5 Å². The molecule has 1 aromatic heterocycles. The van der Waals surface area contributed by atoms with Gasteiger partial charge in [-0.05, 0) is 31.2 Å². The van der Waals surface area contributed by atoms with Gasteiger partial charge in [0.2, 0.25) is 0 Å². The minimum absolute atomic E-state index is 0.0154.